The van der Waals surface area contributed by atoms with Crippen LogP contribution in [0.3, 0.4) is 0 Å². The number of fused-ring (bicyclic) bond motifs is 37. The molecule has 0 spiro atoms. The standard InChI is InChI=1S/C41H52O8S2/c1-46-10-38-28-14-5-15(23-21-9-51-50-8-20(21)22(14)23)29(28)39(38,11-47-2)33-19-7-18(32(33)38)34-35(19)41(13-49-4)31-17-6-16(30(31)40(34,41)12-48-3)24-25(17)27(37(44)45)26(24)36(42)43/h14-25,28-35H,5-13H2,1-4H3,(H,42,43)(H,44,45)/t14-,15+,16+,17-,18-,19+,20-,21-,22-,23+,24-,25+,28-,29+,30+,31-,32+,33-,34-,35+,38-,39+,40+,41-/m0/s1. The van der Waals surface area contributed by atoms with Gasteiger partial charge in [0.25, 0.3) is 0 Å². The fourth-order valence-electron chi connectivity index (χ4n) is 22.1. The molecule has 8 nitrogen and oxygen atoms in total. The highest BCUT2D eigenvalue weighted by atomic mass is 33.1. The van der Waals surface area contributed by atoms with Crippen molar-refractivity contribution in [3.05, 3.63) is 11.1 Å². The lowest BCUT2D eigenvalue weighted by Crippen LogP contribution is -2.92. The van der Waals surface area contributed by atoms with E-state index in [2.05, 4.69) is 21.6 Å². The smallest absolute Gasteiger partial charge is 0.332 e. The molecule has 1 aliphatic heterocycles. The number of carboxylic acids is 2. The fraction of sp³-hybridized carbons (Fsp3) is 0.902. The topological polar surface area (TPSA) is 112 Å². The molecule has 2 N–H and O–H groups in total. The predicted octanol–water partition coefficient (Wildman–Crippen LogP) is 5.04. The maximum absolute atomic E-state index is 12.6. The van der Waals surface area contributed by atoms with Crippen LogP contribution >= 0.6 is 21.6 Å². The molecule has 0 aromatic rings. The number of hydrogen-bond donors (Lipinski definition) is 2. The number of hydrogen-bond acceptors (Lipinski definition) is 8. The highest BCUT2D eigenvalue weighted by Gasteiger charge is 3.01. The summed E-state index contributed by atoms with van der Waals surface area (Å²) in [6.07, 6.45) is 3.72. The van der Waals surface area contributed by atoms with E-state index in [1.165, 1.54) is 24.3 Å². The average molecular weight is 737 g/mol. The average Bonchev–Trinajstić information content (AvgIpc) is 3.89. The zero-order chi connectivity index (χ0) is 34.5. The molecule has 0 unspecified atom stereocenters. The normalized spacial score (nSPS) is 65.1. The summed E-state index contributed by atoms with van der Waals surface area (Å²) in [5, 5.41) is 20.6. The second-order valence-electron chi connectivity index (χ2n) is 20.3. The van der Waals surface area contributed by atoms with Crippen LogP contribution in [-0.4, -0.2) is 88.5 Å². The molecule has 0 aromatic carbocycles. The SMILES string of the molecule is COC[C@]12[C@@H]3[C@@H]4C[C@@H]([C@@H]5[C@H]4[C@@]4(COC)[C@@H]6[C@@H]7C[C@@H]([C@H]8[C@H]9CSSC[C@@H]9[C@@H]78)[C@@H]6[C@@]54COC)[C@@H]3[C@@]1(COC)[C@@H]1[C@@H]3C[C@@H]([C@H]4C(C(=O)O)=C(C(=O)O)[C@@H]34)[C@@H]12. The van der Waals surface area contributed by atoms with Crippen molar-refractivity contribution in [1.29, 1.82) is 0 Å². The molecule has 13 rings (SSSR count). The van der Waals surface area contributed by atoms with Gasteiger partial charge in [0.15, 0.2) is 0 Å². The van der Waals surface area contributed by atoms with Crippen LogP contribution in [0.1, 0.15) is 19.3 Å². The van der Waals surface area contributed by atoms with Gasteiger partial charge in [-0.2, -0.15) is 0 Å². The molecule has 1 heterocycles. The maximum atomic E-state index is 12.6. The Hall–Kier alpha value is -0.780. The molecule has 13 aliphatic rings. The van der Waals surface area contributed by atoms with Gasteiger partial charge in [0, 0.05) is 73.4 Å². The van der Waals surface area contributed by atoms with E-state index in [0.29, 0.717) is 47.3 Å². The van der Waals surface area contributed by atoms with Crippen LogP contribution in [-0.2, 0) is 28.5 Å². The van der Waals surface area contributed by atoms with Crippen molar-refractivity contribution in [3.63, 3.8) is 0 Å². The molecule has 12 aliphatic carbocycles. The number of aliphatic carboxylic acids is 2. The van der Waals surface area contributed by atoms with Crippen molar-refractivity contribution in [1.82, 2.24) is 0 Å². The summed E-state index contributed by atoms with van der Waals surface area (Å²) < 4.78 is 25.5. The molecule has 24 atom stereocenters. The second-order valence-corrected chi connectivity index (χ2v) is 22.9. The summed E-state index contributed by atoms with van der Waals surface area (Å²) in [6, 6.07) is 0. The number of carbonyl (C=O) groups is 2. The first kappa shape index (κ1) is 31.4. The van der Waals surface area contributed by atoms with Crippen molar-refractivity contribution < 1.29 is 38.7 Å². The highest BCUT2D eigenvalue weighted by Crippen LogP contribution is 3.02. The minimum Gasteiger partial charge on any atom is -0.478 e. The molecule has 0 radical (unpaired) electrons. The molecular formula is C41H52O8S2. The lowest BCUT2D eigenvalue weighted by Gasteiger charge is -2.92. The van der Waals surface area contributed by atoms with E-state index in [1.54, 1.807) is 0 Å². The Morgan fingerprint density at radius 3 is 1.14 bits per heavy atom. The maximum Gasteiger partial charge on any atom is 0.332 e. The van der Waals surface area contributed by atoms with Crippen LogP contribution in [0.5, 0.6) is 0 Å². The van der Waals surface area contributed by atoms with Gasteiger partial charge in [-0.3, -0.25) is 0 Å². The lowest BCUT2D eigenvalue weighted by atomic mass is 9.12. The van der Waals surface area contributed by atoms with Crippen LogP contribution in [0.2, 0.25) is 0 Å². The summed E-state index contributed by atoms with van der Waals surface area (Å²) in [6.45, 7) is 3.20. The van der Waals surface area contributed by atoms with Crippen molar-refractivity contribution in [2.75, 3.05) is 66.4 Å². The second kappa shape index (κ2) is 9.42. The van der Waals surface area contributed by atoms with Gasteiger partial charge in [0.2, 0.25) is 0 Å². The summed E-state index contributed by atoms with van der Waals surface area (Å²) in [5.41, 5.74) is 0.821. The lowest BCUT2D eigenvalue weighted by molar-refractivity contribution is -0.477. The monoisotopic (exact) mass is 736 g/mol. The molecule has 10 heteroatoms. The van der Waals surface area contributed by atoms with Gasteiger partial charge in [0.1, 0.15) is 0 Å². The number of carboxylic acid groups (broad SMARTS) is 2. The molecule has 1 saturated heterocycles. The van der Waals surface area contributed by atoms with Crippen molar-refractivity contribution >= 4 is 33.5 Å². The van der Waals surface area contributed by atoms with E-state index in [1.807, 2.05) is 28.4 Å². The molecule has 6 bridgehead atoms. The first-order valence-electron chi connectivity index (χ1n) is 20.2. The molecule has 11 saturated carbocycles. The summed E-state index contributed by atoms with van der Waals surface area (Å²) >= 11 is 0. The van der Waals surface area contributed by atoms with E-state index in [-0.39, 0.29) is 56.5 Å². The van der Waals surface area contributed by atoms with Crippen LogP contribution in [0.25, 0.3) is 0 Å². The van der Waals surface area contributed by atoms with Gasteiger partial charge in [-0.1, -0.05) is 21.6 Å². The first-order valence-corrected chi connectivity index (χ1v) is 22.7. The third-order valence-corrected chi connectivity index (χ3v) is 23.7. The van der Waals surface area contributed by atoms with E-state index < -0.39 is 11.9 Å². The van der Waals surface area contributed by atoms with Gasteiger partial charge < -0.3 is 29.2 Å². The Kier molecular flexibility index (Phi) is 5.81. The Morgan fingerprint density at radius 1 is 0.510 bits per heavy atom. The first-order chi connectivity index (χ1) is 24.8. The van der Waals surface area contributed by atoms with Gasteiger partial charge in [-0.25, -0.2) is 9.59 Å². The summed E-state index contributed by atoms with van der Waals surface area (Å²) in [5.74, 6) is 12.6. The zero-order valence-electron chi connectivity index (χ0n) is 30.1. The Balaban J connectivity index is 0.931. The zero-order valence-corrected chi connectivity index (χ0v) is 31.7. The van der Waals surface area contributed by atoms with Gasteiger partial charge >= 0.3 is 11.9 Å². The van der Waals surface area contributed by atoms with Crippen molar-refractivity contribution in [2.24, 2.45) is 140 Å². The molecule has 51 heavy (non-hydrogen) atoms. The third kappa shape index (κ3) is 2.63. The minimum absolute atomic E-state index is 0.0146. The largest absolute Gasteiger partial charge is 0.478 e. The van der Waals surface area contributed by atoms with Crippen molar-refractivity contribution in [3.8, 4) is 0 Å². The molecule has 12 fully saturated rings. The predicted molar refractivity (Wildman–Crippen MR) is 188 cm³/mol. The highest BCUT2D eigenvalue weighted by molar-refractivity contribution is 8.76. The van der Waals surface area contributed by atoms with Crippen LogP contribution in [0.4, 0.5) is 0 Å². The Morgan fingerprint density at radius 2 is 0.804 bits per heavy atom. The van der Waals surface area contributed by atoms with E-state index in [4.69, 9.17) is 18.9 Å². The number of methoxy groups -OCH3 is 4. The van der Waals surface area contributed by atoms with Crippen LogP contribution in [0, 0.1) is 140 Å². The molecule has 0 amide bonds. The van der Waals surface area contributed by atoms with Gasteiger partial charge in [-0.05, 0) is 126 Å². The van der Waals surface area contributed by atoms with E-state index >= 15 is 0 Å². The molecule has 0 aromatic heterocycles. The number of rotatable bonds is 10. The summed E-state index contributed by atoms with van der Waals surface area (Å²) in [7, 11) is 12.0. The minimum atomic E-state index is -1.02. The van der Waals surface area contributed by atoms with Gasteiger partial charge in [-0.15, -0.1) is 0 Å². The van der Waals surface area contributed by atoms with Gasteiger partial charge in [0.05, 0.1) is 37.6 Å². The van der Waals surface area contributed by atoms with Crippen LogP contribution in [0.15, 0.2) is 11.1 Å². The Labute approximate surface area is 308 Å². The van der Waals surface area contributed by atoms with E-state index in [0.717, 1.165) is 80.2 Å². The third-order valence-electron chi connectivity index (χ3n) is 21.2. The van der Waals surface area contributed by atoms with Crippen molar-refractivity contribution in [2.45, 2.75) is 19.3 Å². The molecule has 276 valence electrons. The quantitative estimate of drug-likeness (QED) is 0.234. The van der Waals surface area contributed by atoms with Crippen LogP contribution < -0.4 is 0 Å². The molecular weight excluding hydrogens is 685 g/mol. The van der Waals surface area contributed by atoms with E-state index in [9.17, 15) is 19.8 Å². The fourth-order valence-corrected chi connectivity index (χ4v) is 25.1. The summed E-state index contributed by atoms with van der Waals surface area (Å²) in [4.78, 5) is 25.1. The Bertz CT molecular complexity index is 1600. The number of ether oxygens (including phenoxy) is 4.